The zero-order chi connectivity index (χ0) is 22.3. The lowest BCUT2D eigenvalue weighted by molar-refractivity contribution is -0.384. The number of non-ortho nitro benzene ring substituents is 1. The van der Waals surface area contributed by atoms with Crippen molar-refractivity contribution in [3.05, 3.63) is 70.3 Å². The molecule has 2 aliphatic rings. The predicted octanol–water partition coefficient (Wildman–Crippen LogP) is 3.77. The van der Waals surface area contributed by atoms with Crippen LogP contribution in [0.3, 0.4) is 0 Å². The van der Waals surface area contributed by atoms with Crippen molar-refractivity contribution in [2.45, 2.75) is 19.4 Å². The molecule has 32 heavy (non-hydrogen) atoms. The van der Waals surface area contributed by atoms with Crippen LogP contribution in [0.2, 0.25) is 0 Å². The van der Waals surface area contributed by atoms with Gasteiger partial charge in [0.15, 0.2) is 0 Å². The van der Waals surface area contributed by atoms with E-state index in [1.54, 1.807) is 17.0 Å². The highest BCUT2D eigenvalue weighted by atomic mass is 16.6. The fourth-order valence-electron chi connectivity index (χ4n) is 4.45. The Bertz CT molecular complexity index is 890. The summed E-state index contributed by atoms with van der Waals surface area (Å²) in [5, 5.41) is 10.8. The monoisotopic (exact) mass is 438 g/mol. The first kappa shape index (κ1) is 22.1. The number of hydrogen-bond acceptors (Lipinski definition) is 6. The standard InChI is InChI=1S/C24H30N4O4/c29-24(32-19-21-4-2-1-3-5-21)27-16-14-25(15-17-27)18-20-10-12-26(13-11-20)22-6-8-23(9-7-22)28(30)31/h1-9,20H,10-19H2. The molecule has 0 spiro atoms. The van der Waals surface area contributed by atoms with Crippen molar-refractivity contribution in [1.29, 1.82) is 0 Å². The van der Waals surface area contributed by atoms with Gasteiger partial charge in [-0.25, -0.2) is 4.79 Å². The highest BCUT2D eigenvalue weighted by molar-refractivity contribution is 5.67. The average molecular weight is 439 g/mol. The molecular weight excluding hydrogens is 408 g/mol. The van der Waals surface area contributed by atoms with Gasteiger partial charge < -0.3 is 14.5 Å². The lowest BCUT2D eigenvalue weighted by atomic mass is 9.95. The number of carbonyl (C=O) groups is 1. The van der Waals surface area contributed by atoms with E-state index in [9.17, 15) is 14.9 Å². The highest BCUT2D eigenvalue weighted by Gasteiger charge is 2.26. The van der Waals surface area contributed by atoms with Gasteiger partial charge in [0.25, 0.3) is 5.69 Å². The van der Waals surface area contributed by atoms with E-state index in [0.29, 0.717) is 25.6 Å². The normalized spacial score (nSPS) is 17.9. The quantitative estimate of drug-likeness (QED) is 0.505. The van der Waals surface area contributed by atoms with Gasteiger partial charge in [-0.2, -0.15) is 0 Å². The molecule has 2 heterocycles. The SMILES string of the molecule is O=C(OCc1ccccc1)N1CCN(CC2CCN(c3ccc([N+](=O)[O-])cc3)CC2)CC1. The van der Waals surface area contributed by atoms with E-state index in [-0.39, 0.29) is 16.7 Å². The fraction of sp³-hybridized carbons (Fsp3) is 0.458. The smallest absolute Gasteiger partial charge is 0.410 e. The zero-order valence-corrected chi connectivity index (χ0v) is 18.3. The van der Waals surface area contributed by atoms with Crippen molar-refractivity contribution < 1.29 is 14.5 Å². The number of nitrogens with zero attached hydrogens (tertiary/aromatic N) is 4. The Hall–Kier alpha value is -3.13. The van der Waals surface area contributed by atoms with Gasteiger partial charge in [-0.1, -0.05) is 30.3 Å². The summed E-state index contributed by atoms with van der Waals surface area (Å²) in [5.74, 6) is 0.640. The van der Waals surface area contributed by atoms with E-state index in [2.05, 4.69) is 9.80 Å². The Morgan fingerprint density at radius 1 is 0.938 bits per heavy atom. The Morgan fingerprint density at radius 3 is 2.22 bits per heavy atom. The van der Waals surface area contributed by atoms with Crippen LogP contribution < -0.4 is 4.90 Å². The molecule has 0 radical (unpaired) electrons. The minimum absolute atomic E-state index is 0.131. The van der Waals surface area contributed by atoms with E-state index >= 15 is 0 Å². The van der Waals surface area contributed by atoms with Crippen molar-refractivity contribution in [1.82, 2.24) is 9.80 Å². The molecule has 0 bridgehead atoms. The van der Waals surface area contributed by atoms with Crippen molar-refractivity contribution in [3.63, 3.8) is 0 Å². The minimum atomic E-state index is -0.362. The molecule has 2 saturated heterocycles. The van der Waals surface area contributed by atoms with Crippen molar-refractivity contribution >= 4 is 17.5 Å². The molecule has 0 N–H and O–H groups in total. The van der Waals surface area contributed by atoms with Crippen LogP contribution in [0.5, 0.6) is 0 Å². The summed E-state index contributed by atoms with van der Waals surface area (Å²) in [4.78, 5) is 29.4. The Kier molecular flexibility index (Phi) is 7.21. The molecule has 0 unspecified atom stereocenters. The topological polar surface area (TPSA) is 79.2 Å². The Morgan fingerprint density at radius 2 is 1.59 bits per heavy atom. The third-order valence-electron chi connectivity index (χ3n) is 6.39. The van der Waals surface area contributed by atoms with Gasteiger partial charge in [0.05, 0.1) is 4.92 Å². The first-order valence-corrected chi connectivity index (χ1v) is 11.3. The Balaban J connectivity index is 1.16. The van der Waals surface area contributed by atoms with Crippen LogP contribution in [0.25, 0.3) is 0 Å². The van der Waals surface area contributed by atoms with Crippen LogP contribution >= 0.6 is 0 Å². The second kappa shape index (κ2) is 10.5. The van der Waals surface area contributed by atoms with Crippen molar-refractivity contribution in [2.24, 2.45) is 5.92 Å². The molecular formula is C24H30N4O4. The molecule has 2 fully saturated rings. The number of benzene rings is 2. The number of ether oxygens (including phenoxy) is 1. The summed E-state index contributed by atoms with van der Waals surface area (Å²) in [7, 11) is 0. The highest BCUT2D eigenvalue weighted by Crippen LogP contribution is 2.26. The van der Waals surface area contributed by atoms with E-state index in [4.69, 9.17) is 4.74 Å². The zero-order valence-electron chi connectivity index (χ0n) is 18.3. The number of hydrogen-bond donors (Lipinski definition) is 0. The lowest BCUT2D eigenvalue weighted by Gasteiger charge is -2.39. The maximum atomic E-state index is 12.3. The minimum Gasteiger partial charge on any atom is -0.445 e. The summed E-state index contributed by atoms with van der Waals surface area (Å²) < 4.78 is 5.45. The second-order valence-corrected chi connectivity index (χ2v) is 8.53. The second-order valence-electron chi connectivity index (χ2n) is 8.53. The molecule has 170 valence electrons. The number of anilines is 1. The number of amides is 1. The molecule has 0 aliphatic carbocycles. The van der Waals surface area contributed by atoms with Gasteiger partial charge in [0, 0.05) is 63.6 Å². The average Bonchev–Trinajstić information content (AvgIpc) is 2.84. The first-order valence-electron chi connectivity index (χ1n) is 11.3. The number of carbonyl (C=O) groups excluding carboxylic acids is 1. The summed E-state index contributed by atoms with van der Waals surface area (Å²) in [6.45, 7) is 6.47. The molecule has 2 aromatic rings. The van der Waals surface area contributed by atoms with Crippen LogP contribution in [0.1, 0.15) is 18.4 Å². The third-order valence-corrected chi connectivity index (χ3v) is 6.39. The number of nitro groups is 1. The molecule has 0 atom stereocenters. The Labute approximate surface area is 188 Å². The van der Waals surface area contributed by atoms with Gasteiger partial charge in [-0.3, -0.25) is 15.0 Å². The van der Waals surface area contributed by atoms with Crippen LogP contribution in [-0.4, -0.2) is 66.6 Å². The maximum Gasteiger partial charge on any atom is 0.410 e. The number of piperidine rings is 1. The molecule has 8 heteroatoms. The van der Waals surface area contributed by atoms with Crippen molar-refractivity contribution in [2.75, 3.05) is 50.7 Å². The van der Waals surface area contributed by atoms with Gasteiger partial charge in [-0.05, 0) is 36.5 Å². The molecule has 2 aliphatic heterocycles. The number of rotatable bonds is 6. The van der Waals surface area contributed by atoms with Gasteiger partial charge in [0.2, 0.25) is 0 Å². The van der Waals surface area contributed by atoms with Crippen LogP contribution in [-0.2, 0) is 11.3 Å². The summed E-state index contributed by atoms with van der Waals surface area (Å²) in [5.41, 5.74) is 2.18. The first-order chi connectivity index (χ1) is 15.6. The molecule has 2 aromatic carbocycles. The lowest BCUT2D eigenvalue weighted by Crippen LogP contribution is -2.50. The summed E-state index contributed by atoms with van der Waals surface area (Å²) in [6.07, 6.45) is 1.98. The molecule has 1 amide bonds. The van der Waals surface area contributed by atoms with E-state index in [1.807, 2.05) is 42.5 Å². The maximum absolute atomic E-state index is 12.3. The van der Waals surface area contributed by atoms with E-state index < -0.39 is 0 Å². The van der Waals surface area contributed by atoms with Crippen LogP contribution in [0.4, 0.5) is 16.2 Å². The fourth-order valence-corrected chi connectivity index (χ4v) is 4.45. The predicted molar refractivity (Wildman–Crippen MR) is 123 cm³/mol. The van der Waals surface area contributed by atoms with E-state index in [0.717, 1.165) is 56.8 Å². The molecule has 8 nitrogen and oxygen atoms in total. The van der Waals surface area contributed by atoms with Gasteiger partial charge >= 0.3 is 6.09 Å². The van der Waals surface area contributed by atoms with Crippen LogP contribution in [0, 0.1) is 16.0 Å². The van der Waals surface area contributed by atoms with E-state index in [1.165, 1.54) is 0 Å². The molecule has 4 rings (SSSR count). The number of nitro benzene ring substituents is 1. The summed E-state index contributed by atoms with van der Waals surface area (Å²) >= 11 is 0. The largest absolute Gasteiger partial charge is 0.445 e. The van der Waals surface area contributed by atoms with Gasteiger partial charge in [-0.15, -0.1) is 0 Å². The van der Waals surface area contributed by atoms with Crippen molar-refractivity contribution in [3.8, 4) is 0 Å². The third kappa shape index (κ3) is 5.76. The summed E-state index contributed by atoms with van der Waals surface area (Å²) in [6, 6.07) is 16.6. The number of piperazine rings is 1. The molecule has 0 aromatic heterocycles. The van der Waals surface area contributed by atoms with Crippen LogP contribution in [0.15, 0.2) is 54.6 Å². The molecule has 0 saturated carbocycles. The van der Waals surface area contributed by atoms with Gasteiger partial charge in [0.1, 0.15) is 6.61 Å².